The van der Waals surface area contributed by atoms with Crippen molar-refractivity contribution in [2.45, 2.75) is 31.7 Å². The second kappa shape index (κ2) is 8.86. The van der Waals surface area contributed by atoms with Gasteiger partial charge in [0.25, 0.3) is 0 Å². The molecule has 1 atom stereocenters. The molecule has 1 aromatic carbocycles. The van der Waals surface area contributed by atoms with Crippen molar-refractivity contribution < 1.29 is 14.3 Å². The number of carbonyl (C=O) groups excluding carboxylic acids is 1. The van der Waals surface area contributed by atoms with E-state index in [1.807, 2.05) is 18.2 Å². The number of rotatable bonds is 8. The second-order valence-corrected chi connectivity index (χ2v) is 5.53. The summed E-state index contributed by atoms with van der Waals surface area (Å²) in [7, 11) is 3.23. The normalized spacial score (nSPS) is 14.7. The van der Waals surface area contributed by atoms with E-state index in [2.05, 4.69) is 5.32 Å². The van der Waals surface area contributed by atoms with Crippen LogP contribution >= 0.6 is 12.4 Å². The van der Waals surface area contributed by atoms with E-state index in [9.17, 15) is 4.79 Å². The van der Waals surface area contributed by atoms with Crippen LogP contribution < -0.4 is 20.5 Å². The highest BCUT2D eigenvalue weighted by atomic mass is 35.5. The van der Waals surface area contributed by atoms with E-state index in [-0.39, 0.29) is 24.4 Å². The number of aryl methyl sites for hydroxylation is 1. The van der Waals surface area contributed by atoms with Crippen LogP contribution in [-0.2, 0) is 11.2 Å². The summed E-state index contributed by atoms with van der Waals surface area (Å²) in [5.41, 5.74) is 6.98. The molecular formula is C16H25ClN2O3. The fourth-order valence-corrected chi connectivity index (χ4v) is 2.28. The summed E-state index contributed by atoms with van der Waals surface area (Å²) < 4.78 is 10.4. The maximum Gasteiger partial charge on any atom is 0.220 e. The van der Waals surface area contributed by atoms with Gasteiger partial charge in [-0.25, -0.2) is 0 Å². The summed E-state index contributed by atoms with van der Waals surface area (Å²) in [4.78, 5) is 11.8. The minimum atomic E-state index is 0. The van der Waals surface area contributed by atoms with Crippen LogP contribution in [0.2, 0.25) is 0 Å². The SMILES string of the molecule is COc1cc(CCC(=O)NCC(N)C2CC2)cc(OC)c1.Cl. The summed E-state index contributed by atoms with van der Waals surface area (Å²) in [6.45, 7) is 0.574. The van der Waals surface area contributed by atoms with Crippen LogP contribution in [0.15, 0.2) is 18.2 Å². The maximum atomic E-state index is 11.8. The Bertz CT molecular complexity index is 470. The molecule has 2 rings (SSSR count). The standard InChI is InChI=1S/C16H24N2O3.ClH/c1-20-13-7-11(8-14(9-13)21-2)3-6-16(19)18-10-15(17)12-4-5-12;/h7-9,12,15H,3-6,10,17H2,1-2H3,(H,18,19);1H. The molecule has 0 heterocycles. The molecule has 5 nitrogen and oxygen atoms in total. The number of hydrogen-bond acceptors (Lipinski definition) is 4. The van der Waals surface area contributed by atoms with Crippen molar-refractivity contribution in [2.75, 3.05) is 20.8 Å². The van der Waals surface area contributed by atoms with Crippen molar-refractivity contribution in [1.29, 1.82) is 0 Å². The molecule has 1 fully saturated rings. The van der Waals surface area contributed by atoms with Crippen molar-refractivity contribution in [3.8, 4) is 11.5 Å². The highest BCUT2D eigenvalue weighted by molar-refractivity contribution is 5.85. The molecule has 1 aliphatic carbocycles. The zero-order chi connectivity index (χ0) is 15.2. The van der Waals surface area contributed by atoms with Gasteiger partial charge in [0.1, 0.15) is 11.5 Å². The lowest BCUT2D eigenvalue weighted by molar-refractivity contribution is -0.121. The highest BCUT2D eigenvalue weighted by Crippen LogP contribution is 2.31. The lowest BCUT2D eigenvalue weighted by Crippen LogP contribution is -2.38. The molecule has 1 unspecified atom stereocenters. The van der Waals surface area contributed by atoms with Crippen LogP contribution in [-0.4, -0.2) is 32.7 Å². The Morgan fingerprint density at radius 3 is 2.36 bits per heavy atom. The monoisotopic (exact) mass is 328 g/mol. The van der Waals surface area contributed by atoms with Gasteiger partial charge in [-0.05, 0) is 42.9 Å². The van der Waals surface area contributed by atoms with Crippen LogP contribution in [0.25, 0.3) is 0 Å². The van der Waals surface area contributed by atoms with Gasteiger partial charge in [0, 0.05) is 25.1 Å². The quantitative estimate of drug-likeness (QED) is 0.764. The first-order valence-electron chi connectivity index (χ1n) is 7.36. The zero-order valence-corrected chi connectivity index (χ0v) is 13.9. The van der Waals surface area contributed by atoms with Crippen molar-refractivity contribution in [3.63, 3.8) is 0 Å². The number of nitrogens with two attached hydrogens (primary N) is 1. The van der Waals surface area contributed by atoms with E-state index in [0.717, 1.165) is 17.1 Å². The molecule has 0 bridgehead atoms. The average Bonchev–Trinajstić information content (AvgIpc) is 3.34. The number of carbonyl (C=O) groups is 1. The lowest BCUT2D eigenvalue weighted by Gasteiger charge is -2.12. The van der Waals surface area contributed by atoms with Gasteiger partial charge in [0.05, 0.1) is 14.2 Å². The Labute approximate surface area is 138 Å². The fourth-order valence-electron chi connectivity index (χ4n) is 2.28. The molecule has 0 aliphatic heterocycles. The Morgan fingerprint density at radius 2 is 1.86 bits per heavy atom. The van der Waals surface area contributed by atoms with Crippen molar-refractivity contribution in [1.82, 2.24) is 5.32 Å². The molecular weight excluding hydrogens is 304 g/mol. The molecule has 3 N–H and O–H groups in total. The van der Waals surface area contributed by atoms with Crippen LogP contribution in [0.5, 0.6) is 11.5 Å². The topological polar surface area (TPSA) is 73.6 Å². The van der Waals surface area contributed by atoms with Crippen LogP contribution in [0.4, 0.5) is 0 Å². The molecule has 0 radical (unpaired) electrons. The van der Waals surface area contributed by atoms with Gasteiger partial charge in [-0.1, -0.05) is 0 Å². The third-order valence-electron chi connectivity index (χ3n) is 3.81. The summed E-state index contributed by atoms with van der Waals surface area (Å²) in [5.74, 6) is 2.11. The molecule has 6 heteroatoms. The van der Waals surface area contributed by atoms with E-state index >= 15 is 0 Å². The smallest absolute Gasteiger partial charge is 0.220 e. The van der Waals surface area contributed by atoms with E-state index in [1.54, 1.807) is 14.2 Å². The van der Waals surface area contributed by atoms with Crippen molar-refractivity contribution in [3.05, 3.63) is 23.8 Å². The Hall–Kier alpha value is -1.46. The molecule has 0 aromatic heterocycles. The van der Waals surface area contributed by atoms with Gasteiger partial charge < -0.3 is 20.5 Å². The number of hydrogen-bond donors (Lipinski definition) is 2. The van der Waals surface area contributed by atoms with E-state index in [4.69, 9.17) is 15.2 Å². The first-order chi connectivity index (χ1) is 10.1. The molecule has 1 amide bonds. The van der Waals surface area contributed by atoms with Crippen LogP contribution in [0.1, 0.15) is 24.8 Å². The minimum Gasteiger partial charge on any atom is -0.497 e. The molecule has 0 spiro atoms. The van der Waals surface area contributed by atoms with E-state index < -0.39 is 0 Å². The third-order valence-corrected chi connectivity index (χ3v) is 3.81. The minimum absolute atomic E-state index is 0. The van der Waals surface area contributed by atoms with Crippen LogP contribution in [0, 0.1) is 5.92 Å². The predicted molar refractivity (Wildman–Crippen MR) is 88.8 cm³/mol. The van der Waals surface area contributed by atoms with Crippen molar-refractivity contribution >= 4 is 18.3 Å². The highest BCUT2D eigenvalue weighted by Gasteiger charge is 2.28. The van der Waals surface area contributed by atoms with E-state index in [1.165, 1.54) is 12.8 Å². The molecule has 124 valence electrons. The van der Waals surface area contributed by atoms with Crippen LogP contribution in [0.3, 0.4) is 0 Å². The summed E-state index contributed by atoms with van der Waals surface area (Å²) >= 11 is 0. The van der Waals surface area contributed by atoms with Gasteiger partial charge in [-0.2, -0.15) is 0 Å². The van der Waals surface area contributed by atoms with E-state index in [0.29, 0.717) is 25.3 Å². The number of amides is 1. The number of methoxy groups -OCH3 is 2. The lowest BCUT2D eigenvalue weighted by atomic mass is 10.1. The number of halogens is 1. The van der Waals surface area contributed by atoms with Crippen molar-refractivity contribution in [2.24, 2.45) is 11.7 Å². The average molecular weight is 329 g/mol. The molecule has 22 heavy (non-hydrogen) atoms. The number of nitrogens with one attached hydrogen (secondary N) is 1. The summed E-state index contributed by atoms with van der Waals surface area (Å²) in [6.07, 6.45) is 3.48. The second-order valence-electron chi connectivity index (χ2n) is 5.53. The largest absolute Gasteiger partial charge is 0.497 e. The summed E-state index contributed by atoms with van der Waals surface area (Å²) in [5, 5.41) is 2.90. The number of benzene rings is 1. The maximum absolute atomic E-state index is 11.8. The Kier molecular flexibility index (Phi) is 7.48. The third kappa shape index (κ3) is 5.73. The fraction of sp³-hybridized carbons (Fsp3) is 0.562. The van der Waals surface area contributed by atoms with Gasteiger partial charge in [-0.3, -0.25) is 4.79 Å². The Balaban J connectivity index is 0.00000242. The van der Waals surface area contributed by atoms with Gasteiger partial charge in [0.2, 0.25) is 5.91 Å². The van der Waals surface area contributed by atoms with Gasteiger partial charge >= 0.3 is 0 Å². The van der Waals surface area contributed by atoms with Gasteiger partial charge in [0.15, 0.2) is 0 Å². The summed E-state index contributed by atoms with van der Waals surface area (Å²) in [6, 6.07) is 5.77. The molecule has 0 saturated heterocycles. The number of ether oxygens (including phenoxy) is 2. The van der Waals surface area contributed by atoms with Gasteiger partial charge in [-0.15, -0.1) is 12.4 Å². The predicted octanol–water partition coefficient (Wildman–Crippen LogP) is 1.91. The Morgan fingerprint density at radius 1 is 1.27 bits per heavy atom. The molecule has 1 aliphatic rings. The first kappa shape index (κ1) is 18.6. The first-order valence-corrected chi connectivity index (χ1v) is 7.36. The zero-order valence-electron chi connectivity index (χ0n) is 13.1. The molecule has 1 saturated carbocycles. The molecule has 1 aromatic rings.